The highest BCUT2D eigenvalue weighted by atomic mass is 32.2. The first kappa shape index (κ1) is 22.4. The van der Waals surface area contributed by atoms with Gasteiger partial charge in [-0.1, -0.05) is 27.7 Å². The zero-order valence-electron chi connectivity index (χ0n) is 16.8. The predicted octanol–water partition coefficient (Wildman–Crippen LogP) is 3.70. The molecular weight excluding hydrogens is 355 g/mol. The molecule has 148 valence electrons. The van der Waals surface area contributed by atoms with Crippen LogP contribution in [0.3, 0.4) is 0 Å². The van der Waals surface area contributed by atoms with Crippen LogP contribution in [-0.4, -0.2) is 32.2 Å². The second-order valence-corrected chi connectivity index (χ2v) is 10.4. The zero-order chi connectivity index (χ0) is 20.3. The standard InChI is InChI=1S/C19H31FN2O3S/c1-8-16(17(23)21-19(5,6)13-18(2,3)4)22(26(7,24)25)15-11-9-14(20)10-12-15/h9-12,16H,8,13H2,1-7H3,(H,21,23). The second-order valence-electron chi connectivity index (χ2n) is 8.57. The Morgan fingerprint density at radius 2 is 1.65 bits per heavy atom. The fourth-order valence-electron chi connectivity index (χ4n) is 3.44. The molecule has 1 aromatic rings. The Balaban J connectivity index is 3.18. The Labute approximate surface area is 157 Å². The Hall–Kier alpha value is -1.63. The van der Waals surface area contributed by atoms with Gasteiger partial charge in [0.05, 0.1) is 11.9 Å². The molecule has 0 heterocycles. The maximum Gasteiger partial charge on any atom is 0.244 e. The van der Waals surface area contributed by atoms with Crippen LogP contribution in [0.4, 0.5) is 10.1 Å². The molecule has 0 bridgehead atoms. The number of halogens is 1. The van der Waals surface area contributed by atoms with Gasteiger partial charge in [0.2, 0.25) is 15.9 Å². The minimum Gasteiger partial charge on any atom is -0.349 e. The Morgan fingerprint density at radius 3 is 2.04 bits per heavy atom. The van der Waals surface area contributed by atoms with Gasteiger partial charge < -0.3 is 5.32 Å². The van der Waals surface area contributed by atoms with Crippen LogP contribution in [0.25, 0.3) is 0 Å². The number of benzene rings is 1. The third-order valence-electron chi connectivity index (χ3n) is 3.84. The number of rotatable bonds is 7. The van der Waals surface area contributed by atoms with Gasteiger partial charge in [-0.05, 0) is 56.4 Å². The molecule has 0 aliphatic heterocycles. The summed E-state index contributed by atoms with van der Waals surface area (Å²) < 4.78 is 39.0. The van der Waals surface area contributed by atoms with Crippen molar-refractivity contribution in [1.29, 1.82) is 0 Å². The van der Waals surface area contributed by atoms with Crippen LogP contribution < -0.4 is 9.62 Å². The summed E-state index contributed by atoms with van der Waals surface area (Å²) in [4.78, 5) is 12.9. The first-order valence-electron chi connectivity index (χ1n) is 8.73. The molecule has 1 aromatic carbocycles. The van der Waals surface area contributed by atoms with Crippen LogP contribution in [0.15, 0.2) is 24.3 Å². The summed E-state index contributed by atoms with van der Waals surface area (Å²) >= 11 is 0. The zero-order valence-corrected chi connectivity index (χ0v) is 17.6. The monoisotopic (exact) mass is 386 g/mol. The van der Waals surface area contributed by atoms with E-state index in [4.69, 9.17) is 0 Å². The summed E-state index contributed by atoms with van der Waals surface area (Å²) in [5.74, 6) is -0.831. The van der Waals surface area contributed by atoms with E-state index < -0.39 is 27.4 Å². The molecule has 0 saturated heterocycles. The summed E-state index contributed by atoms with van der Waals surface area (Å²) in [6.45, 7) is 11.8. The molecule has 26 heavy (non-hydrogen) atoms. The lowest BCUT2D eigenvalue weighted by Gasteiger charge is -2.36. The summed E-state index contributed by atoms with van der Waals surface area (Å²) in [5, 5.41) is 2.98. The van der Waals surface area contributed by atoms with Gasteiger partial charge in [-0.3, -0.25) is 9.10 Å². The number of nitrogens with one attached hydrogen (secondary N) is 1. The van der Waals surface area contributed by atoms with Gasteiger partial charge in [-0.2, -0.15) is 0 Å². The van der Waals surface area contributed by atoms with Crippen molar-refractivity contribution < 1.29 is 17.6 Å². The Bertz CT molecular complexity index is 722. The quantitative estimate of drug-likeness (QED) is 0.777. The van der Waals surface area contributed by atoms with Crippen LogP contribution in [-0.2, 0) is 14.8 Å². The SMILES string of the molecule is CCC(C(=O)NC(C)(C)CC(C)(C)C)N(c1ccc(F)cc1)S(C)(=O)=O. The van der Waals surface area contributed by atoms with E-state index in [1.165, 1.54) is 24.3 Å². The number of hydrogen-bond acceptors (Lipinski definition) is 3. The van der Waals surface area contributed by atoms with E-state index in [0.717, 1.165) is 17.0 Å². The highest BCUT2D eigenvalue weighted by Gasteiger charge is 2.35. The van der Waals surface area contributed by atoms with Crippen molar-refractivity contribution in [3.05, 3.63) is 30.1 Å². The first-order valence-corrected chi connectivity index (χ1v) is 10.6. The molecule has 0 fully saturated rings. The van der Waals surface area contributed by atoms with Crippen LogP contribution >= 0.6 is 0 Å². The minimum absolute atomic E-state index is 0.00592. The van der Waals surface area contributed by atoms with E-state index >= 15 is 0 Å². The molecule has 0 saturated carbocycles. The van der Waals surface area contributed by atoms with Gasteiger partial charge in [-0.25, -0.2) is 12.8 Å². The van der Waals surface area contributed by atoms with Gasteiger partial charge in [0.1, 0.15) is 11.9 Å². The number of carbonyl (C=O) groups excluding carboxylic acids is 1. The molecule has 1 atom stereocenters. The van der Waals surface area contributed by atoms with E-state index in [1.807, 2.05) is 13.8 Å². The van der Waals surface area contributed by atoms with Crippen LogP contribution in [0.2, 0.25) is 0 Å². The van der Waals surface area contributed by atoms with Crippen molar-refractivity contribution >= 4 is 21.6 Å². The van der Waals surface area contributed by atoms with Crippen molar-refractivity contribution in [2.45, 2.75) is 66.0 Å². The molecule has 5 nitrogen and oxygen atoms in total. The molecule has 0 aliphatic carbocycles. The number of sulfonamides is 1. The summed E-state index contributed by atoms with van der Waals surface area (Å²) in [7, 11) is -3.73. The second kappa shape index (κ2) is 7.94. The highest BCUT2D eigenvalue weighted by Crippen LogP contribution is 2.28. The maximum atomic E-state index is 13.2. The van der Waals surface area contributed by atoms with E-state index in [2.05, 4.69) is 26.1 Å². The lowest BCUT2D eigenvalue weighted by Crippen LogP contribution is -2.55. The molecule has 0 aromatic heterocycles. The molecule has 0 radical (unpaired) electrons. The average molecular weight is 387 g/mol. The fraction of sp³-hybridized carbons (Fsp3) is 0.632. The van der Waals surface area contributed by atoms with Crippen molar-refractivity contribution in [3.8, 4) is 0 Å². The Morgan fingerprint density at radius 1 is 1.15 bits per heavy atom. The van der Waals surface area contributed by atoms with Crippen molar-refractivity contribution in [3.63, 3.8) is 0 Å². The number of amides is 1. The topological polar surface area (TPSA) is 66.5 Å². The Kier molecular flexibility index (Phi) is 6.85. The lowest BCUT2D eigenvalue weighted by atomic mass is 9.81. The molecule has 1 amide bonds. The average Bonchev–Trinajstić information content (AvgIpc) is 2.41. The number of anilines is 1. The van der Waals surface area contributed by atoms with Gasteiger partial charge in [0.15, 0.2) is 0 Å². The van der Waals surface area contributed by atoms with Gasteiger partial charge in [0.25, 0.3) is 0 Å². The number of nitrogens with zero attached hydrogens (tertiary/aromatic N) is 1. The van der Waals surface area contributed by atoms with E-state index in [1.54, 1.807) is 6.92 Å². The van der Waals surface area contributed by atoms with E-state index in [0.29, 0.717) is 6.42 Å². The first-order chi connectivity index (χ1) is 11.7. The van der Waals surface area contributed by atoms with Gasteiger partial charge >= 0.3 is 0 Å². The summed E-state index contributed by atoms with van der Waals surface area (Å²) in [6.07, 6.45) is 2.08. The molecule has 1 unspecified atom stereocenters. The van der Waals surface area contributed by atoms with Crippen LogP contribution in [0.5, 0.6) is 0 Å². The summed E-state index contributed by atoms with van der Waals surface area (Å²) in [5.41, 5.74) is -0.217. The summed E-state index contributed by atoms with van der Waals surface area (Å²) in [6, 6.07) is 4.19. The third-order valence-corrected chi connectivity index (χ3v) is 5.02. The largest absolute Gasteiger partial charge is 0.349 e. The van der Waals surface area contributed by atoms with Crippen LogP contribution in [0, 0.1) is 11.2 Å². The highest BCUT2D eigenvalue weighted by molar-refractivity contribution is 7.92. The number of carbonyl (C=O) groups is 1. The molecule has 1 N–H and O–H groups in total. The van der Waals surface area contributed by atoms with E-state index in [-0.39, 0.29) is 17.0 Å². The molecule has 1 rings (SSSR count). The third kappa shape index (κ3) is 6.59. The molecular formula is C19H31FN2O3S. The number of hydrogen-bond donors (Lipinski definition) is 1. The normalized spacial score (nSPS) is 14.0. The molecule has 7 heteroatoms. The van der Waals surface area contributed by atoms with Crippen LogP contribution in [0.1, 0.15) is 54.4 Å². The molecule has 0 aliphatic rings. The smallest absolute Gasteiger partial charge is 0.244 e. The van der Waals surface area contributed by atoms with E-state index in [9.17, 15) is 17.6 Å². The molecule has 0 spiro atoms. The van der Waals surface area contributed by atoms with Crippen molar-refractivity contribution in [2.24, 2.45) is 5.41 Å². The fourth-order valence-corrected chi connectivity index (χ4v) is 4.65. The van der Waals surface area contributed by atoms with Crippen molar-refractivity contribution in [2.75, 3.05) is 10.6 Å². The lowest BCUT2D eigenvalue weighted by molar-refractivity contribution is -0.124. The van der Waals surface area contributed by atoms with Gasteiger partial charge in [-0.15, -0.1) is 0 Å². The predicted molar refractivity (Wildman–Crippen MR) is 104 cm³/mol. The van der Waals surface area contributed by atoms with Gasteiger partial charge in [0, 0.05) is 5.54 Å². The van der Waals surface area contributed by atoms with Crippen molar-refractivity contribution in [1.82, 2.24) is 5.32 Å². The minimum atomic E-state index is -3.73. The maximum absolute atomic E-state index is 13.2.